The van der Waals surface area contributed by atoms with Crippen molar-refractivity contribution in [2.45, 2.75) is 103 Å². The first-order valence-electron chi connectivity index (χ1n) is 11.3. The molecule has 0 radical (unpaired) electrons. The summed E-state index contributed by atoms with van der Waals surface area (Å²) in [6.07, 6.45) is -34.1. The Balaban J connectivity index is 3.76. The summed E-state index contributed by atoms with van der Waals surface area (Å²) in [5.74, 6) is -9.24. The standard InChI is InChI=1S/C22H30F12O4/c1-15(2,3)13(16(4,5)6)14(35)38-12-8-10(17(36,19(23,24)25)20(26,27)28)7-11(9-12)18(37,21(29,30)31)22(32,33)34/h10-13,36-37H,7-9H2,1-6H3. The van der Waals surface area contributed by atoms with E-state index in [1.165, 1.54) is 41.5 Å². The van der Waals surface area contributed by atoms with Crippen LogP contribution in [0.25, 0.3) is 0 Å². The molecule has 0 bridgehead atoms. The highest BCUT2D eigenvalue weighted by molar-refractivity contribution is 5.74. The molecular formula is C22H30F12O4. The smallest absolute Gasteiger partial charge is 0.426 e. The van der Waals surface area contributed by atoms with E-state index in [1.807, 2.05) is 0 Å². The molecule has 0 aromatic heterocycles. The molecule has 1 aliphatic carbocycles. The first-order chi connectivity index (χ1) is 16.3. The lowest BCUT2D eigenvalue weighted by Gasteiger charge is -2.48. The Morgan fingerprint density at radius 3 is 1.08 bits per heavy atom. The van der Waals surface area contributed by atoms with Crippen LogP contribution in [-0.2, 0) is 9.53 Å². The second-order valence-electron chi connectivity index (χ2n) is 11.8. The zero-order valence-corrected chi connectivity index (χ0v) is 21.2. The van der Waals surface area contributed by atoms with Crippen molar-refractivity contribution in [2.24, 2.45) is 28.6 Å². The summed E-state index contributed by atoms with van der Waals surface area (Å²) >= 11 is 0. The van der Waals surface area contributed by atoms with Crippen LogP contribution < -0.4 is 0 Å². The van der Waals surface area contributed by atoms with Crippen LogP contribution in [0.2, 0.25) is 0 Å². The van der Waals surface area contributed by atoms with Crippen molar-refractivity contribution in [2.75, 3.05) is 0 Å². The van der Waals surface area contributed by atoms with Crippen molar-refractivity contribution in [1.29, 1.82) is 0 Å². The van der Waals surface area contributed by atoms with Gasteiger partial charge in [-0.2, -0.15) is 52.7 Å². The maximum absolute atomic E-state index is 13.5. The van der Waals surface area contributed by atoms with E-state index in [4.69, 9.17) is 4.74 Å². The molecule has 2 unspecified atom stereocenters. The van der Waals surface area contributed by atoms with Crippen LogP contribution in [0.1, 0.15) is 60.8 Å². The molecule has 1 fully saturated rings. The van der Waals surface area contributed by atoms with Crippen molar-refractivity contribution in [3.63, 3.8) is 0 Å². The fourth-order valence-corrected chi connectivity index (χ4v) is 5.53. The van der Waals surface area contributed by atoms with Gasteiger partial charge in [-0.05, 0) is 30.1 Å². The Kier molecular flexibility index (Phi) is 8.99. The molecule has 38 heavy (non-hydrogen) atoms. The lowest BCUT2D eigenvalue weighted by molar-refractivity contribution is -0.405. The third kappa shape index (κ3) is 6.30. The summed E-state index contributed by atoms with van der Waals surface area (Å²) in [5, 5.41) is 19.6. The van der Waals surface area contributed by atoms with Crippen LogP contribution in [-0.4, -0.2) is 58.2 Å². The maximum Gasteiger partial charge on any atom is 0.426 e. The minimum atomic E-state index is -6.60. The topological polar surface area (TPSA) is 66.8 Å². The largest absolute Gasteiger partial charge is 0.462 e. The quantitative estimate of drug-likeness (QED) is 0.283. The van der Waals surface area contributed by atoms with E-state index in [1.54, 1.807) is 0 Å². The van der Waals surface area contributed by atoms with Crippen LogP contribution in [0.15, 0.2) is 0 Å². The molecule has 0 spiro atoms. The predicted octanol–water partition coefficient (Wildman–Crippen LogP) is 6.73. The number of hydrogen-bond donors (Lipinski definition) is 2. The Hall–Kier alpha value is -1.45. The van der Waals surface area contributed by atoms with Gasteiger partial charge in [0.1, 0.15) is 6.10 Å². The van der Waals surface area contributed by atoms with E-state index in [9.17, 15) is 67.7 Å². The molecule has 0 heterocycles. The number of hydrogen-bond acceptors (Lipinski definition) is 4. The Labute approximate surface area is 210 Å². The minimum absolute atomic E-state index is 0.972. The molecule has 0 aliphatic heterocycles. The van der Waals surface area contributed by atoms with E-state index >= 15 is 0 Å². The summed E-state index contributed by atoms with van der Waals surface area (Å²) in [7, 11) is 0. The highest BCUT2D eigenvalue weighted by atomic mass is 19.4. The molecular weight excluding hydrogens is 556 g/mol. The van der Waals surface area contributed by atoms with Crippen LogP contribution >= 0.6 is 0 Å². The number of carbonyl (C=O) groups excluding carboxylic acids is 1. The fourth-order valence-electron chi connectivity index (χ4n) is 5.53. The van der Waals surface area contributed by atoms with Gasteiger partial charge in [-0.25, -0.2) is 0 Å². The van der Waals surface area contributed by atoms with E-state index in [0.717, 1.165) is 0 Å². The van der Waals surface area contributed by atoms with Crippen molar-refractivity contribution < 1.29 is 72.4 Å². The number of esters is 1. The highest BCUT2D eigenvalue weighted by Crippen LogP contribution is 2.58. The summed E-state index contributed by atoms with van der Waals surface area (Å²) in [5.41, 5.74) is -13.5. The first-order valence-corrected chi connectivity index (χ1v) is 11.3. The Morgan fingerprint density at radius 2 is 0.868 bits per heavy atom. The molecule has 1 saturated carbocycles. The summed E-state index contributed by atoms with van der Waals surface area (Å²) in [4.78, 5) is 13.0. The lowest BCUT2D eigenvalue weighted by Crippen LogP contribution is -2.67. The lowest BCUT2D eigenvalue weighted by atomic mass is 9.65. The predicted molar refractivity (Wildman–Crippen MR) is 107 cm³/mol. The van der Waals surface area contributed by atoms with Crippen molar-refractivity contribution in [1.82, 2.24) is 0 Å². The number of ether oxygens (including phenoxy) is 1. The molecule has 226 valence electrons. The van der Waals surface area contributed by atoms with E-state index in [0.29, 0.717) is 0 Å². The van der Waals surface area contributed by atoms with Crippen LogP contribution in [0, 0.1) is 28.6 Å². The van der Waals surface area contributed by atoms with Crippen LogP contribution in [0.5, 0.6) is 0 Å². The second-order valence-corrected chi connectivity index (χ2v) is 11.8. The SMILES string of the molecule is CC(C)(C)C(C(=O)OC1CC(C(O)(C(F)(F)F)C(F)(F)F)CC(C(O)(C(F)(F)F)C(F)(F)F)C1)C(C)(C)C. The third-order valence-electron chi connectivity index (χ3n) is 6.82. The zero-order chi connectivity index (χ0) is 30.7. The van der Waals surface area contributed by atoms with Gasteiger partial charge >= 0.3 is 30.7 Å². The molecule has 0 aromatic rings. The molecule has 16 heteroatoms. The summed E-state index contributed by atoms with van der Waals surface area (Å²) in [6.45, 7) is 9.05. The summed E-state index contributed by atoms with van der Waals surface area (Å²) < 4.78 is 167. The number of aliphatic hydroxyl groups is 2. The molecule has 0 aromatic carbocycles. The van der Waals surface area contributed by atoms with Gasteiger partial charge in [0.2, 0.25) is 0 Å². The summed E-state index contributed by atoms with van der Waals surface area (Å²) in [6, 6.07) is 0. The monoisotopic (exact) mass is 586 g/mol. The third-order valence-corrected chi connectivity index (χ3v) is 6.82. The molecule has 4 nitrogen and oxygen atoms in total. The van der Waals surface area contributed by atoms with Gasteiger partial charge in [0, 0.05) is 11.8 Å². The Bertz CT molecular complexity index is 755. The molecule has 0 amide bonds. The van der Waals surface area contributed by atoms with Gasteiger partial charge < -0.3 is 14.9 Å². The molecule has 1 rings (SSSR count). The van der Waals surface area contributed by atoms with Crippen molar-refractivity contribution in [3.05, 3.63) is 0 Å². The van der Waals surface area contributed by atoms with Gasteiger partial charge in [-0.3, -0.25) is 4.79 Å². The fraction of sp³-hybridized carbons (Fsp3) is 0.955. The minimum Gasteiger partial charge on any atom is -0.462 e. The average molecular weight is 586 g/mol. The van der Waals surface area contributed by atoms with Gasteiger partial charge in [-0.1, -0.05) is 41.5 Å². The number of halogens is 12. The van der Waals surface area contributed by atoms with Crippen LogP contribution in [0.3, 0.4) is 0 Å². The second kappa shape index (κ2) is 9.88. The number of carbonyl (C=O) groups is 1. The first kappa shape index (κ1) is 34.6. The van der Waals surface area contributed by atoms with E-state index in [-0.39, 0.29) is 0 Å². The van der Waals surface area contributed by atoms with Crippen LogP contribution in [0.4, 0.5) is 52.7 Å². The molecule has 0 saturated heterocycles. The Morgan fingerprint density at radius 1 is 0.605 bits per heavy atom. The van der Waals surface area contributed by atoms with Gasteiger partial charge in [0.05, 0.1) is 5.92 Å². The molecule has 1 aliphatic rings. The highest BCUT2D eigenvalue weighted by Gasteiger charge is 2.78. The normalized spacial score (nSPS) is 23.6. The molecule has 2 N–H and O–H groups in total. The molecule has 2 atom stereocenters. The average Bonchev–Trinajstić information content (AvgIpc) is 2.59. The van der Waals surface area contributed by atoms with Crippen molar-refractivity contribution in [3.8, 4) is 0 Å². The van der Waals surface area contributed by atoms with E-state index < -0.39 is 95.8 Å². The zero-order valence-electron chi connectivity index (χ0n) is 21.2. The van der Waals surface area contributed by atoms with E-state index in [2.05, 4.69) is 0 Å². The number of alkyl halides is 12. The number of rotatable bonds is 4. The van der Waals surface area contributed by atoms with Gasteiger partial charge in [-0.15, -0.1) is 0 Å². The van der Waals surface area contributed by atoms with Crippen molar-refractivity contribution >= 4 is 5.97 Å². The maximum atomic E-state index is 13.5. The van der Waals surface area contributed by atoms with Gasteiger partial charge in [0.25, 0.3) is 11.2 Å². The van der Waals surface area contributed by atoms with Gasteiger partial charge in [0.15, 0.2) is 0 Å².